The maximum atomic E-state index is 11.4. The first kappa shape index (κ1) is 12.7. The monoisotopic (exact) mass is 337 g/mol. The van der Waals surface area contributed by atoms with E-state index >= 15 is 0 Å². The summed E-state index contributed by atoms with van der Waals surface area (Å²) in [5.74, 6) is -0.750. The fourth-order valence-corrected chi connectivity index (χ4v) is 1.82. The zero-order valence-electron chi connectivity index (χ0n) is 8.52. The third kappa shape index (κ3) is 2.23. The molecule has 0 aliphatic heterocycles. The Hall–Kier alpha value is -1.38. The van der Waals surface area contributed by atoms with Crippen LogP contribution in [0.1, 0.15) is 10.4 Å². The van der Waals surface area contributed by atoms with Gasteiger partial charge in [-0.1, -0.05) is 0 Å². The van der Waals surface area contributed by atoms with E-state index in [-0.39, 0.29) is 17.0 Å². The number of nitro benzene ring substituents is 1. The Morgan fingerprint density at radius 3 is 2.50 bits per heavy atom. The molecule has 7 heteroatoms. The minimum Gasteiger partial charge on any atom is -0.490 e. The zero-order chi connectivity index (χ0) is 12.3. The molecule has 0 amide bonds. The number of rotatable bonds is 3. The molecule has 0 saturated heterocycles. The first-order valence-electron chi connectivity index (χ1n) is 4.12. The van der Waals surface area contributed by atoms with Crippen LogP contribution >= 0.6 is 22.6 Å². The van der Waals surface area contributed by atoms with Gasteiger partial charge in [0, 0.05) is 0 Å². The van der Waals surface area contributed by atoms with Gasteiger partial charge < -0.3 is 9.47 Å². The molecular formula is C9H8INO5. The highest BCUT2D eigenvalue weighted by molar-refractivity contribution is 14.1. The average Bonchev–Trinajstić information content (AvgIpc) is 2.26. The van der Waals surface area contributed by atoms with Crippen molar-refractivity contribution < 1.29 is 19.2 Å². The summed E-state index contributed by atoms with van der Waals surface area (Å²) in [7, 11) is 2.47. The van der Waals surface area contributed by atoms with Crippen LogP contribution in [-0.2, 0) is 4.74 Å². The van der Waals surface area contributed by atoms with Gasteiger partial charge in [-0.15, -0.1) is 0 Å². The number of hydrogen-bond acceptors (Lipinski definition) is 5. The van der Waals surface area contributed by atoms with E-state index in [4.69, 9.17) is 4.74 Å². The molecule has 0 bridgehead atoms. The number of carbonyl (C=O) groups is 1. The van der Waals surface area contributed by atoms with E-state index in [1.807, 2.05) is 0 Å². The van der Waals surface area contributed by atoms with Gasteiger partial charge in [0.25, 0.3) is 0 Å². The smallest absolute Gasteiger partial charge is 0.341 e. The molecule has 0 spiro atoms. The van der Waals surface area contributed by atoms with Gasteiger partial charge in [0.05, 0.1) is 22.7 Å². The van der Waals surface area contributed by atoms with Gasteiger partial charge in [-0.3, -0.25) is 10.1 Å². The Labute approximate surface area is 105 Å². The van der Waals surface area contributed by atoms with Crippen molar-refractivity contribution in [2.75, 3.05) is 14.2 Å². The third-order valence-electron chi connectivity index (χ3n) is 1.87. The van der Waals surface area contributed by atoms with E-state index in [9.17, 15) is 14.9 Å². The van der Waals surface area contributed by atoms with Crippen molar-refractivity contribution in [2.45, 2.75) is 0 Å². The molecule has 0 unspecified atom stereocenters. The number of benzene rings is 1. The van der Waals surface area contributed by atoms with Crippen molar-refractivity contribution in [1.29, 1.82) is 0 Å². The molecular weight excluding hydrogens is 329 g/mol. The molecule has 1 rings (SSSR count). The van der Waals surface area contributed by atoms with Crippen molar-refractivity contribution in [3.63, 3.8) is 0 Å². The van der Waals surface area contributed by atoms with Crippen LogP contribution in [0.15, 0.2) is 12.1 Å². The quantitative estimate of drug-likeness (QED) is 0.365. The van der Waals surface area contributed by atoms with E-state index in [0.29, 0.717) is 3.57 Å². The van der Waals surface area contributed by atoms with Crippen LogP contribution in [-0.4, -0.2) is 25.1 Å². The van der Waals surface area contributed by atoms with Gasteiger partial charge in [0.1, 0.15) is 5.56 Å². The van der Waals surface area contributed by atoms with Crippen molar-refractivity contribution in [3.8, 4) is 5.75 Å². The van der Waals surface area contributed by atoms with Crippen LogP contribution in [0.3, 0.4) is 0 Å². The highest BCUT2D eigenvalue weighted by atomic mass is 127. The summed E-state index contributed by atoms with van der Waals surface area (Å²) in [6, 6.07) is 2.90. The van der Waals surface area contributed by atoms with Crippen LogP contribution in [0.2, 0.25) is 0 Å². The molecule has 0 radical (unpaired) electrons. The van der Waals surface area contributed by atoms with E-state index in [0.717, 1.165) is 0 Å². The lowest BCUT2D eigenvalue weighted by molar-refractivity contribution is -0.386. The van der Waals surface area contributed by atoms with Crippen LogP contribution in [0.4, 0.5) is 5.69 Å². The first-order valence-corrected chi connectivity index (χ1v) is 5.20. The standard InChI is InChI=1S/C9H8INO5/c1-15-8-5(9(12)16-2)3-4-6(10)7(8)11(13)14/h3-4H,1-2H3. The number of ether oxygens (including phenoxy) is 2. The summed E-state index contributed by atoms with van der Waals surface area (Å²) < 4.78 is 9.80. The van der Waals surface area contributed by atoms with Crippen LogP contribution in [0, 0.1) is 13.7 Å². The van der Waals surface area contributed by atoms with Gasteiger partial charge in [-0.2, -0.15) is 0 Å². The van der Waals surface area contributed by atoms with Crippen molar-refractivity contribution >= 4 is 34.2 Å². The normalized spacial score (nSPS) is 9.69. The molecule has 86 valence electrons. The summed E-state index contributed by atoms with van der Waals surface area (Å²) in [6.07, 6.45) is 0. The summed E-state index contributed by atoms with van der Waals surface area (Å²) in [6.45, 7) is 0. The third-order valence-corrected chi connectivity index (χ3v) is 2.74. The summed E-state index contributed by atoms with van der Waals surface area (Å²) in [5, 5.41) is 10.8. The molecule has 6 nitrogen and oxygen atoms in total. The number of methoxy groups -OCH3 is 2. The Morgan fingerprint density at radius 2 is 2.06 bits per heavy atom. The molecule has 0 saturated carbocycles. The molecule has 0 aliphatic rings. The summed E-state index contributed by atoms with van der Waals surface area (Å²) in [4.78, 5) is 21.6. The molecule has 16 heavy (non-hydrogen) atoms. The van der Waals surface area contributed by atoms with Gasteiger partial charge in [-0.25, -0.2) is 4.79 Å². The van der Waals surface area contributed by atoms with E-state index in [1.165, 1.54) is 26.4 Å². The predicted octanol–water partition coefficient (Wildman–Crippen LogP) is 1.99. The second-order valence-electron chi connectivity index (χ2n) is 2.73. The molecule has 0 atom stereocenters. The number of nitrogens with zero attached hydrogens (tertiary/aromatic N) is 1. The number of nitro groups is 1. The molecule has 0 heterocycles. The molecule has 0 aliphatic carbocycles. The largest absolute Gasteiger partial charge is 0.490 e. The van der Waals surface area contributed by atoms with Crippen molar-refractivity contribution in [1.82, 2.24) is 0 Å². The van der Waals surface area contributed by atoms with Crippen LogP contribution in [0.25, 0.3) is 0 Å². The predicted molar refractivity (Wildman–Crippen MR) is 63.7 cm³/mol. The van der Waals surface area contributed by atoms with Crippen molar-refractivity contribution in [3.05, 3.63) is 31.4 Å². The minimum atomic E-state index is -0.670. The first-order chi connectivity index (χ1) is 7.52. The number of hydrogen-bond donors (Lipinski definition) is 0. The maximum Gasteiger partial charge on any atom is 0.341 e. The lowest BCUT2D eigenvalue weighted by Crippen LogP contribution is -2.07. The highest BCUT2D eigenvalue weighted by Crippen LogP contribution is 2.35. The average molecular weight is 337 g/mol. The lowest BCUT2D eigenvalue weighted by atomic mass is 10.1. The Morgan fingerprint density at radius 1 is 1.44 bits per heavy atom. The molecule has 1 aromatic carbocycles. The topological polar surface area (TPSA) is 78.7 Å². The Balaban J connectivity index is 3.48. The number of esters is 1. The van der Waals surface area contributed by atoms with Crippen molar-refractivity contribution in [2.24, 2.45) is 0 Å². The lowest BCUT2D eigenvalue weighted by Gasteiger charge is -2.07. The van der Waals surface area contributed by atoms with E-state index in [1.54, 1.807) is 22.6 Å². The Kier molecular flexibility index (Phi) is 4.05. The highest BCUT2D eigenvalue weighted by Gasteiger charge is 2.26. The fourth-order valence-electron chi connectivity index (χ4n) is 1.19. The molecule has 0 aromatic heterocycles. The second kappa shape index (κ2) is 5.10. The van der Waals surface area contributed by atoms with Gasteiger partial charge in [-0.05, 0) is 34.7 Å². The van der Waals surface area contributed by atoms with Crippen LogP contribution in [0.5, 0.6) is 5.75 Å². The second-order valence-corrected chi connectivity index (χ2v) is 3.89. The minimum absolute atomic E-state index is 0.0390. The summed E-state index contributed by atoms with van der Waals surface area (Å²) in [5.41, 5.74) is -0.192. The van der Waals surface area contributed by atoms with Gasteiger partial charge in [0.15, 0.2) is 0 Å². The van der Waals surface area contributed by atoms with E-state index in [2.05, 4.69) is 4.74 Å². The van der Waals surface area contributed by atoms with Gasteiger partial charge in [0.2, 0.25) is 5.75 Å². The molecule has 0 fully saturated rings. The zero-order valence-corrected chi connectivity index (χ0v) is 10.7. The molecule has 0 N–H and O–H groups in total. The van der Waals surface area contributed by atoms with Crippen LogP contribution < -0.4 is 4.74 Å². The number of carbonyl (C=O) groups excluding carboxylic acids is 1. The SMILES string of the molecule is COC(=O)c1ccc(I)c([N+](=O)[O-])c1OC. The molecule has 1 aromatic rings. The Bertz CT molecular complexity index is 446. The summed E-state index contributed by atoms with van der Waals surface area (Å²) >= 11 is 1.80. The fraction of sp³-hybridized carbons (Fsp3) is 0.222. The van der Waals surface area contributed by atoms with Gasteiger partial charge >= 0.3 is 11.7 Å². The number of halogens is 1. The van der Waals surface area contributed by atoms with E-state index < -0.39 is 10.9 Å². The maximum absolute atomic E-state index is 11.4.